The van der Waals surface area contributed by atoms with Crippen LogP contribution in [-0.2, 0) is 25.7 Å². The van der Waals surface area contributed by atoms with E-state index < -0.39 is 45.2 Å². The van der Waals surface area contributed by atoms with Gasteiger partial charge in [-0.05, 0) is 42.0 Å². The Labute approximate surface area is 249 Å². The summed E-state index contributed by atoms with van der Waals surface area (Å²) in [6.07, 6.45) is 2.05. The zero-order valence-electron chi connectivity index (χ0n) is 21.4. The molecule has 6 rings (SSSR count). The molecule has 2 aromatic carbocycles. The SMILES string of the molecule is COc1ccc([C@H]2C3=CC[C@@H]4C(=O)N(Cc5ccccc5)C(=O)[C@@H]4[C@@H]3C[C@@]3(Cl)C(=O)N(CBr)C(=O)[C@@]23Cl)cc1O. The van der Waals surface area contributed by atoms with Crippen molar-refractivity contribution in [2.24, 2.45) is 17.8 Å². The van der Waals surface area contributed by atoms with Crippen molar-refractivity contribution >= 4 is 62.8 Å². The molecule has 2 heterocycles. The standard InChI is InChI=1S/C29H25BrCl2N2O6/c1-40-21-10-7-16(11-20(21)35)23-17-8-9-18-22(25(37)33(24(18)36)13-15-5-3-2-4-6-15)19(17)12-28(31)26(38)34(14-30)27(39)29(23,28)32/h2-8,10-11,18-19,22-23,35H,9,12-14H2,1H3/t18-,19+,22-,23-,28+,29-/m0/s1. The molecule has 40 heavy (non-hydrogen) atoms. The number of ether oxygens (including phenoxy) is 1. The molecule has 4 aliphatic rings. The Morgan fingerprint density at radius 2 is 1.73 bits per heavy atom. The van der Waals surface area contributed by atoms with Gasteiger partial charge < -0.3 is 9.84 Å². The second kappa shape index (κ2) is 9.60. The van der Waals surface area contributed by atoms with Crippen LogP contribution in [-0.4, -0.2) is 60.8 Å². The number of fused-ring (bicyclic) bond motifs is 4. The fourth-order valence-corrected chi connectivity index (χ4v) is 8.43. The molecule has 0 spiro atoms. The molecule has 208 valence electrons. The molecule has 6 atom stereocenters. The van der Waals surface area contributed by atoms with Crippen LogP contribution >= 0.6 is 39.1 Å². The van der Waals surface area contributed by atoms with Gasteiger partial charge >= 0.3 is 0 Å². The number of methoxy groups -OCH3 is 1. The first-order valence-corrected chi connectivity index (χ1v) is 14.7. The molecule has 2 saturated heterocycles. The van der Waals surface area contributed by atoms with Gasteiger partial charge in [-0.1, -0.05) is 64.0 Å². The normalized spacial score (nSPS) is 33.0. The van der Waals surface area contributed by atoms with E-state index in [2.05, 4.69) is 15.9 Å². The molecular weight excluding hydrogens is 623 g/mol. The highest BCUT2D eigenvalue weighted by atomic mass is 79.9. The summed E-state index contributed by atoms with van der Waals surface area (Å²) in [4.78, 5) is 53.3. The number of benzene rings is 2. The lowest BCUT2D eigenvalue weighted by Gasteiger charge is -2.50. The number of aromatic hydroxyl groups is 1. The largest absolute Gasteiger partial charge is 0.504 e. The second-order valence-corrected chi connectivity index (χ2v) is 12.4. The van der Waals surface area contributed by atoms with Crippen LogP contribution in [0.3, 0.4) is 0 Å². The number of halogens is 3. The number of imide groups is 2. The van der Waals surface area contributed by atoms with E-state index in [4.69, 9.17) is 27.9 Å². The van der Waals surface area contributed by atoms with Crippen molar-refractivity contribution in [3.8, 4) is 11.5 Å². The summed E-state index contributed by atoms with van der Waals surface area (Å²) in [5.74, 6) is -4.82. The number of carbonyl (C=O) groups is 4. The predicted octanol–water partition coefficient (Wildman–Crippen LogP) is 4.31. The van der Waals surface area contributed by atoms with Crippen LogP contribution in [0.25, 0.3) is 0 Å². The molecule has 11 heteroatoms. The van der Waals surface area contributed by atoms with Gasteiger partial charge in [0.2, 0.25) is 11.8 Å². The fraction of sp³-hybridized carbons (Fsp3) is 0.379. The molecule has 4 amide bonds. The third kappa shape index (κ3) is 3.56. The minimum absolute atomic E-state index is 0.0873. The number of nitrogens with zero attached hydrogens (tertiary/aromatic N) is 2. The highest BCUT2D eigenvalue weighted by molar-refractivity contribution is 9.09. The van der Waals surface area contributed by atoms with Crippen molar-refractivity contribution in [2.45, 2.75) is 35.1 Å². The minimum Gasteiger partial charge on any atom is -0.504 e. The average molecular weight is 648 g/mol. The number of hydrogen-bond donors (Lipinski definition) is 1. The van der Waals surface area contributed by atoms with Crippen LogP contribution in [0.2, 0.25) is 0 Å². The van der Waals surface area contributed by atoms with Crippen molar-refractivity contribution in [1.82, 2.24) is 9.80 Å². The number of rotatable bonds is 5. The average Bonchev–Trinajstić information content (AvgIpc) is 3.27. The summed E-state index contributed by atoms with van der Waals surface area (Å²) >= 11 is 17.6. The monoisotopic (exact) mass is 646 g/mol. The Kier molecular flexibility index (Phi) is 6.55. The van der Waals surface area contributed by atoms with Gasteiger partial charge in [0.25, 0.3) is 11.8 Å². The topological polar surface area (TPSA) is 104 Å². The number of alkyl halides is 3. The van der Waals surface area contributed by atoms with Crippen molar-refractivity contribution in [3.05, 3.63) is 71.3 Å². The van der Waals surface area contributed by atoms with E-state index in [1.807, 2.05) is 36.4 Å². The van der Waals surface area contributed by atoms with Gasteiger partial charge in [0.1, 0.15) is 0 Å². The van der Waals surface area contributed by atoms with E-state index in [1.54, 1.807) is 12.1 Å². The van der Waals surface area contributed by atoms with Crippen LogP contribution in [0.15, 0.2) is 60.2 Å². The Morgan fingerprint density at radius 3 is 2.38 bits per heavy atom. The van der Waals surface area contributed by atoms with Gasteiger partial charge in [0, 0.05) is 5.92 Å². The van der Waals surface area contributed by atoms with E-state index in [1.165, 1.54) is 18.1 Å². The smallest absolute Gasteiger partial charge is 0.254 e. The van der Waals surface area contributed by atoms with Crippen molar-refractivity contribution in [1.29, 1.82) is 0 Å². The summed E-state index contributed by atoms with van der Waals surface area (Å²) in [5.41, 5.74) is 1.83. The number of likely N-dealkylation sites (tertiary alicyclic amines) is 2. The third-order valence-electron chi connectivity index (χ3n) is 8.83. The first-order chi connectivity index (χ1) is 19.1. The van der Waals surface area contributed by atoms with Gasteiger partial charge in [0.05, 0.1) is 30.9 Å². The van der Waals surface area contributed by atoms with Crippen molar-refractivity contribution in [3.63, 3.8) is 0 Å². The van der Waals surface area contributed by atoms with Crippen LogP contribution in [0.5, 0.6) is 11.5 Å². The number of phenolic OH excluding ortho intramolecular Hbond substituents is 1. The molecule has 1 N–H and O–H groups in total. The van der Waals surface area contributed by atoms with E-state index in [0.29, 0.717) is 11.1 Å². The fourth-order valence-electron chi connectivity index (χ4n) is 7.00. The minimum atomic E-state index is -1.93. The Bertz CT molecular complexity index is 1480. The molecule has 0 radical (unpaired) electrons. The predicted molar refractivity (Wildman–Crippen MR) is 150 cm³/mol. The highest BCUT2D eigenvalue weighted by Gasteiger charge is 2.76. The van der Waals surface area contributed by atoms with E-state index in [0.717, 1.165) is 10.5 Å². The molecular formula is C29H25BrCl2N2O6. The maximum Gasteiger partial charge on any atom is 0.254 e. The van der Waals surface area contributed by atoms with Gasteiger partial charge in [-0.25, -0.2) is 0 Å². The molecule has 3 fully saturated rings. The van der Waals surface area contributed by atoms with E-state index in [-0.39, 0.29) is 48.2 Å². The van der Waals surface area contributed by atoms with Gasteiger partial charge in [-0.15, -0.1) is 23.2 Å². The van der Waals surface area contributed by atoms with Crippen LogP contribution in [0.4, 0.5) is 0 Å². The summed E-state index contributed by atoms with van der Waals surface area (Å²) in [7, 11) is 1.42. The highest BCUT2D eigenvalue weighted by Crippen LogP contribution is 2.65. The Hall–Kier alpha value is -2.88. The summed E-state index contributed by atoms with van der Waals surface area (Å²) in [6, 6.07) is 13.9. The van der Waals surface area contributed by atoms with Gasteiger partial charge in [0.15, 0.2) is 21.2 Å². The maximum absolute atomic E-state index is 13.9. The van der Waals surface area contributed by atoms with Crippen molar-refractivity contribution in [2.75, 3.05) is 12.6 Å². The number of carbonyl (C=O) groups excluding carboxylic acids is 4. The zero-order valence-corrected chi connectivity index (χ0v) is 24.4. The zero-order chi connectivity index (χ0) is 28.6. The quantitative estimate of drug-likeness (QED) is 0.225. The summed E-state index contributed by atoms with van der Waals surface area (Å²) in [6.45, 7) is 0.142. The molecule has 0 unspecified atom stereocenters. The maximum atomic E-state index is 13.9. The second-order valence-electron chi connectivity index (χ2n) is 10.7. The molecule has 1 saturated carbocycles. The lowest BCUT2D eigenvalue weighted by Crippen LogP contribution is -2.60. The van der Waals surface area contributed by atoms with Crippen molar-refractivity contribution < 1.29 is 29.0 Å². The van der Waals surface area contributed by atoms with E-state index >= 15 is 0 Å². The summed E-state index contributed by atoms with van der Waals surface area (Å²) < 4.78 is 5.19. The third-order valence-corrected chi connectivity index (χ3v) is 10.7. The van der Waals surface area contributed by atoms with Crippen LogP contribution < -0.4 is 4.74 Å². The van der Waals surface area contributed by atoms with Crippen LogP contribution in [0.1, 0.15) is 29.9 Å². The Morgan fingerprint density at radius 1 is 1.00 bits per heavy atom. The van der Waals surface area contributed by atoms with E-state index in [9.17, 15) is 24.3 Å². The lowest BCUT2D eigenvalue weighted by atomic mass is 9.56. The molecule has 2 aromatic rings. The molecule has 2 aliphatic heterocycles. The number of phenols is 1. The number of hydrogen-bond acceptors (Lipinski definition) is 6. The van der Waals surface area contributed by atoms with Gasteiger partial charge in [-0.3, -0.25) is 29.0 Å². The lowest BCUT2D eigenvalue weighted by molar-refractivity contribution is -0.141. The van der Waals surface area contributed by atoms with Crippen LogP contribution in [0, 0.1) is 17.8 Å². The number of allylic oxidation sites excluding steroid dienone is 2. The molecule has 2 aliphatic carbocycles. The molecule has 8 nitrogen and oxygen atoms in total. The Balaban J connectivity index is 1.48. The first kappa shape index (κ1) is 27.3. The molecule has 0 bridgehead atoms. The number of amides is 4. The van der Waals surface area contributed by atoms with Gasteiger partial charge in [-0.2, -0.15) is 0 Å². The summed E-state index contributed by atoms with van der Waals surface area (Å²) in [5, 5.41) is 10.6. The molecule has 0 aromatic heterocycles. The first-order valence-electron chi connectivity index (χ1n) is 12.8.